The van der Waals surface area contributed by atoms with E-state index >= 15 is 0 Å². The fourth-order valence-electron chi connectivity index (χ4n) is 2.10. The average Bonchev–Trinajstić information content (AvgIpc) is 2.48. The normalized spacial score (nSPS) is 11.3. The van der Waals surface area contributed by atoms with Crippen LogP contribution in [-0.2, 0) is 4.79 Å². The number of nitrogens with two attached hydrogens (primary N) is 1. The van der Waals surface area contributed by atoms with Crippen LogP contribution in [0.15, 0.2) is 24.3 Å². The number of nitrogens with zero attached hydrogens (tertiary/aromatic N) is 1. The molecule has 1 aromatic carbocycles. The van der Waals surface area contributed by atoms with Gasteiger partial charge < -0.3 is 16.0 Å². The molecular formula is C16H26ClN3O2. The molecule has 0 saturated heterocycles. The Morgan fingerprint density at radius 3 is 2.41 bits per heavy atom. The lowest BCUT2D eigenvalue weighted by Crippen LogP contribution is -2.35. The van der Waals surface area contributed by atoms with Crippen LogP contribution in [-0.4, -0.2) is 35.8 Å². The lowest BCUT2D eigenvalue weighted by molar-refractivity contribution is -0.117. The molecule has 0 fully saturated rings. The van der Waals surface area contributed by atoms with E-state index in [1.807, 2.05) is 20.8 Å². The third-order valence-electron chi connectivity index (χ3n) is 3.36. The highest BCUT2D eigenvalue weighted by Gasteiger charge is 2.15. The lowest BCUT2D eigenvalue weighted by Gasteiger charge is -2.19. The Bertz CT molecular complexity index is 490. The number of anilines is 1. The molecule has 0 bridgehead atoms. The minimum atomic E-state index is -0.517. The standard InChI is InChI=1S/C16H25N3O2.ClH/c1-4-8-14(17)15(20)18-13-10-7-9-12(11-13)16(21)19(5-2)6-3;/h7,9-11,14H,4-6,8,17H2,1-3H3,(H,18,20);1H. The summed E-state index contributed by atoms with van der Waals surface area (Å²) in [7, 11) is 0. The summed E-state index contributed by atoms with van der Waals surface area (Å²) in [6.07, 6.45) is 1.50. The summed E-state index contributed by atoms with van der Waals surface area (Å²) in [5.74, 6) is -0.252. The molecule has 124 valence electrons. The van der Waals surface area contributed by atoms with E-state index in [4.69, 9.17) is 5.73 Å². The van der Waals surface area contributed by atoms with Crippen LogP contribution in [0.2, 0.25) is 0 Å². The molecule has 0 saturated carbocycles. The van der Waals surface area contributed by atoms with Crippen LogP contribution >= 0.6 is 12.4 Å². The largest absolute Gasteiger partial charge is 0.339 e. The van der Waals surface area contributed by atoms with Gasteiger partial charge in [0.1, 0.15) is 0 Å². The molecule has 0 heterocycles. The van der Waals surface area contributed by atoms with Crippen molar-refractivity contribution in [1.82, 2.24) is 4.90 Å². The number of halogens is 1. The minimum Gasteiger partial charge on any atom is -0.339 e. The predicted octanol–water partition coefficient (Wildman–Crippen LogP) is 2.66. The van der Waals surface area contributed by atoms with E-state index in [2.05, 4.69) is 5.32 Å². The first kappa shape index (κ1) is 20.4. The van der Waals surface area contributed by atoms with Crippen molar-refractivity contribution in [2.45, 2.75) is 39.7 Å². The van der Waals surface area contributed by atoms with Crippen molar-refractivity contribution in [3.63, 3.8) is 0 Å². The summed E-state index contributed by atoms with van der Waals surface area (Å²) in [4.78, 5) is 25.9. The van der Waals surface area contributed by atoms with E-state index in [0.717, 1.165) is 6.42 Å². The van der Waals surface area contributed by atoms with Gasteiger partial charge >= 0.3 is 0 Å². The summed E-state index contributed by atoms with van der Waals surface area (Å²) in [5, 5.41) is 2.76. The van der Waals surface area contributed by atoms with Gasteiger partial charge in [-0.25, -0.2) is 0 Å². The van der Waals surface area contributed by atoms with Gasteiger partial charge in [0.2, 0.25) is 5.91 Å². The number of carbonyl (C=O) groups is 2. The van der Waals surface area contributed by atoms with Crippen molar-refractivity contribution in [3.8, 4) is 0 Å². The van der Waals surface area contributed by atoms with Gasteiger partial charge in [0.05, 0.1) is 6.04 Å². The molecule has 1 atom stereocenters. The van der Waals surface area contributed by atoms with Crippen LogP contribution in [0, 0.1) is 0 Å². The van der Waals surface area contributed by atoms with Gasteiger partial charge in [-0.1, -0.05) is 19.4 Å². The van der Waals surface area contributed by atoms with Gasteiger partial charge in [-0.2, -0.15) is 0 Å². The van der Waals surface area contributed by atoms with E-state index in [1.165, 1.54) is 0 Å². The van der Waals surface area contributed by atoms with Crippen molar-refractivity contribution in [2.24, 2.45) is 5.73 Å². The Kier molecular flexibility index (Phi) is 9.45. The van der Waals surface area contributed by atoms with E-state index in [0.29, 0.717) is 30.8 Å². The zero-order chi connectivity index (χ0) is 15.8. The SMILES string of the molecule is CCCC(N)C(=O)Nc1cccc(C(=O)N(CC)CC)c1.Cl. The molecule has 0 spiro atoms. The summed E-state index contributed by atoms with van der Waals surface area (Å²) < 4.78 is 0. The molecule has 3 N–H and O–H groups in total. The summed E-state index contributed by atoms with van der Waals surface area (Å²) in [6.45, 7) is 7.19. The lowest BCUT2D eigenvalue weighted by atomic mass is 10.1. The van der Waals surface area contributed by atoms with Gasteiger partial charge in [0.25, 0.3) is 5.91 Å². The number of carbonyl (C=O) groups excluding carboxylic acids is 2. The van der Waals surface area contributed by atoms with Crippen LogP contribution in [0.4, 0.5) is 5.69 Å². The molecule has 1 rings (SSSR count). The number of hydrogen-bond acceptors (Lipinski definition) is 3. The Morgan fingerprint density at radius 1 is 1.23 bits per heavy atom. The Balaban J connectivity index is 0.00000441. The maximum atomic E-state index is 12.3. The molecule has 2 amide bonds. The van der Waals surface area contributed by atoms with Gasteiger partial charge in [-0.05, 0) is 38.5 Å². The quantitative estimate of drug-likeness (QED) is 0.808. The van der Waals surface area contributed by atoms with Crippen LogP contribution in [0.25, 0.3) is 0 Å². The van der Waals surface area contributed by atoms with Crippen molar-refractivity contribution < 1.29 is 9.59 Å². The Labute approximate surface area is 138 Å². The van der Waals surface area contributed by atoms with Crippen LogP contribution in [0.5, 0.6) is 0 Å². The monoisotopic (exact) mass is 327 g/mol. The molecule has 0 radical (unpaired) electrons. The summed E-state index contributed by atoms with van der Waals surface area (Å²) >= 11 is 0. The first-order chi connectivity index (χ1) is 10.0. The van der Waals surface area contributed by atoms with Crippen molar-refractivity contribution in [1.29, 1.82) is 0 Å². The van der Waals surface area contributed by atoms with Crippen LogP contribution in [0.1, 0.15) is 44.0 Å². The first-order valence-corrected chi connectivity index (χ1v) is 7.49. The third-order valence-corrected chi connectivity index (χ3v) is 3.36. The van der Waals surface area contributed by atoms with E-state index < -0.39 is 6.04 Å². The fraction of sp³-hybridized carbons (Fsp3) is 0.500. The molecule has 0 aliphatic carbocycles. The fourth-order valence-corrected chi connectivity index (χ4v) is 2.10. The van der Waals surface area contributed by atoms with Gasteiger partial charge in [0.15, 0.2) is 0 Å². The molecule has 1 aromatic rings. The zero-order valence-corrected chi connectivity index (χ0v) is 14.3. The highest BCUT2D eigenvalue weighted by atomic mass is 35.5. The number of nitrogens with one attached hydrogen (secondary N) is 1. The number of amides is 2. The predicted molar refractivity (Wildman–Crippen MR) is 92.5 cm³/mol. The first-order valence-electron chi connectivity index (χ1n) is 7.49. The average molecular weight is 328 g/mol. The Morgan fingerprint density at radius 2 is 1.86 bits per heavy atom. The zero-order valence-electron chi connectivity index (χ0n) is 13.5. The third kappa shape index (κ3) is 5.66. The second kappa shape index (κ2) is 10.2. The maximum Gasteiger partial charge on any atom is 0.253 e. The molecule has 1 unspecified atom stereocenters. The van der Waals surface area contributed by atoms with Crippen LogP contribution < -0.4 is 11.1 Å². The number of rotatable bonds is 7. The highest BCUT2D eigenvalue weighted by molar-refractivity contribution is 5.98. The van der Waals surface area contributed by atoms with Gasteiger partial charge in [-0.3, -0.25) is 9.59 Å². The van der Waals surface area contributed by atoms with Crippen molar-refractivity contribution in [3.05, 3.63) is 29.8 Å². The topological polar surface area (TPSA) is 75.4 Å². The number of hydrogen-bond donors (Lipinski definition) is 2. The minimum absolute atomic E-state index is 0. The molecule has 0 aromatic heterocycles. The molecule has 5 nitrogen and oxygen atoms in total. The van der Waals surface area contributed by atoms with Gasteiger partial charge in [0, 0.05) is 24.3 Å². The molecule has 6 heteroatoms. The van der Waals surface area contributed by atoms with Crippen LogP contribution in [0.3, 0.4) is 0 Å². The molecule has 0 aliphatic rings. The maximum absolute atomic E-state index is 12.3. The number of benzene rings is 1. The summed E-state index contributed by atoms with van der Waals surface area (Å²) in [5.41, 5.74) is 6.95. The second-order valence-corrected chi connectivity index (χ2v) is 4.94. The van der Waals surface area contributed by atoms with Crippen molar-refractivity contribution in [2.75, 3.05) is 18.4 Å². The van der Waals surface area contributed by atoms with E-state index in [1.54, 1.807) is 29.2 Å². The van der Waals surface area contributed by atoms with Crippen molar-refractivity contribution >= 4 is 29.9 Å². The van der Waals surface area contributed by atoms with E-state index in [9.17, 15) is 9.59 Å². The smallest absolute Gasteiger partial charge is 0.253 e. The van der Waals surface area contributed by atoms with Gasteiger partial charge in [-0.15, -0.1) is 12.4 Å². The second-order valence-electron chi connectivity index (χ2n) is 4.94. The highest BCUT2D eigenvalue weighted by Crippen LogP contribution is 2.13. The summed E-state index contributed by atoms with van der Waals surface area (Å²) in [6, 6.07) is 6.45. The molecule has 0 aliphatic heterocycles. The van der Waals surface area contributed by atoms with E-state index in [-0.39, 0.29) is 24.2 Å². The molecule has 22 heavy (non-hydrogen) atoms. The molecular weight excluding hydrogens is 302 g/mol. The Hall–Kier alpha value is -1.59.